The first-order valence-electron chi connectivity index (χ1n) is 15.8. The highest BCUT2D eigenvalue weighted by atomic mass is 16.7. The number of ketones is 2. The van der Waals surface area contributed by atoms with E-state index in [0.717, 1.165) is 0 Å². The molecule has 0 saturated carbocycles. The molecule has 2 fully saturated rings. The molecule has 0 bridgehead atoms. The first kappa shape index (κ1) is 35.5. The van der Waals surface area contributed by atoms with Crippen LogP contribution in [0.2, 0.25) is 0 Å². The van der Waals surface area contributed by atoms with E-state index in [1.165, 1.54) is 14.0 Å². The van der Waals surface area contributed by atoms with Crippen LogP contribution in [0.1, 0.15) is 67.9 Å². The summed E-state index contributed by atoms with van der Waals surface area (Å²) in [6, 6.07) is 0.709. The molecule has 10 atom stereocenters. The lowest BCUT2D eigenvalue weighted by molar-refractivity contribution is -0.267. The number of carbonyl (C=O) groups excluding carboxylic acids is 2. The van der Waals surface area contributed by atoms with E-state index in [4.69, 9.17) is 23.7 Å². The van der Waals surface area contributed by atoms with Crippen LogP contribution in [0.15, 0.2) is 27.7 Å². The van der Waals surface area contributed by atoms with E-state index in [9.17, 15) is 34.6 Å². The molecular formula is C32H40N4O12. The van der Waals surface area contributed by atoms with Gasteiger partial charge in [-0.25, -0.2) is 0 Å². The van der Waals surface area contributed by atoms with Crippen molar-refractivity contribution in [3.63, 3.8) is 0 Å². The molecule has 0 radical (unpaired) electrons. The number of hydrogen-bond acceptors (Lipinski definition) is 16. The predicted molar refractivity (Wildman–Crippen MR) is 169 cm³/mol. The molecule has 2 aromatic carbocycles. The maximum atomic E-state index is 13.3. The number of fused-ring (bicyclic) bond motifs is 2. The highest BCUT2D eigenvalue weighted by molar-refractivity contribution is 6.12. The summed E-state index contributed by atoms with van der Waals surface area (Å²) in [4.78, 5) is 60.0. The lowest BCUT2D eigenvalue weighted by atomic mass is 9.77. The lowest BCUT2D eigenvalue weighted by Gasteiger charge is -2.42. The summed E-state index contributed by atoms with van der Waals surface area (Å²) >= 11 is 0. The Morgan fingerprint density at radius 2 is 1.81 bits per heavy atom. The number of rotatable bonds is 12. The SMILES string of the molecule is CO[C@H](CC(C)=O)C1CC(=O)c2c(cc3cc(O[C@H]4C[C@@H](O[C@H]5C[C@@H](N=O)[C@H](N=O)C(C)O5)[C@H](NO)C(C)O4)c(C)c(O)c3c2N=O)C1. The van der Waals surface area contributed by atoms with E-state index in [1.807, 2.05) is 0 Å². The monoisotopic (exact) mass is 672 g/mol. The third kappa shape index (κ3) is 6.86. The average Bonchev–Trinajstić information content (AvgIpc) is 3.04. The van der Waals surface area contributed by atoms with Gasteiger partial charge in [-0.05, 0) is 68.3 Å². The molecule has 1 aliphatic carbocycles. The van der Waals surface area contributed by atoms with Gasteiger partial charge in [-0.2, -0.15) is 15.3 Å². The van der Waals surface area contributed by atoms with Crippen LogP contribution in [0, 0.1) is 27.6 Å². The van der Waals surface area contributed by atoms with Crippen LogP contribution in [0.3, 0.4) is 0 Å². The number of hydrogen-bond donors (Lipinski definition) is 3. The molecule has 16 heteroatoms. The fraction of sp³-hybridized carbons (Fsp3) is 0.625. The van der Waals surface area contributed by atoms with Crippen LogP contribution in [0.4, 0.5) is 5.69 Å². The Kier molecular flexibility index (Phi) is 10.9. The van der Waals surface area contributed by atoms with Crippen molar-refractivity contribution in [1.82, 2.24) is 5.48 Å². The van der Waals surface area contributed by atoms with Crippen molar-refractivity contribution in [2.75, 3.05) is 7.11 Å². The summed E-state index contributed by atoms with van der Waals surface area (Å²) in [7, 11) is 1.49. The number of phenolic OH excluding ortho intramolecular Hbond substituents is 1. The zero-order valence-electron chi connectivity index (χ0n) is 27.3. The van der Waals surface area contributed by atoms with Crippen molar-refractivity contribution in [2.24, 2.45) is 21.4 Å². The van der Waals surface area contributed by atoms with E-state index < -0.39 is 55.1 Å². The van der Waals surface area contributed by atoms with Crippen molar-refractivity contribution >= 4 is 28.0 Å². The van der Waals surface area contributed by atoms with Crippen LogP contribution < -0.4 is 10.2 Å². The Morgan fingerprint density at radius 1 is 1.08 bits per heavy atom. The Balaban J connectivity index is 1.43. The van der Waals surface area contributed by atoms with Crippen molar-refractivity contribution in [1.29, 1.82) is 0 Å². The van der Waals surface area contributed by atoms with E-state index in [-0.39, 0.29) is 76.9 Å². The molecule has 260 valence electrons. The Morgan fingerprint density at radius 3 is 2.44 bits per heavy atom. The summed E-state index contributed by atoms with van der Waals surface area (Å²) in [6.07, 6.45) is -3.90. The highest BCUT2D eigenvalue weighted by Crippen LogP contribution is 2.47. The molecule has 3 N–H and O–H groups in total. The highest BCUT2D eigenvalue weighted by Gasteiger charge is 2.44. The first-order valence-corrected chi connectivity index (χ1v) is 15.8. The average molecular weight is 673 g/mol. The summed E-state index contributed by atoms with van der Waals surface area (Å²) in [6.45, 7) is 6.33. The van der Waals surface area contributed by atoms with E-state index in [1.54, 1.807) is 32.9 Å². The number of ether oxygens (including phenoxy) is 5. The molecule has 0 amide bonds. The van der Waals surface area contributed by atoms with E-state index in [0.29, 0.717) is 17.4 Å². The van der Waals surface area contributed by atoms with Gasteiger partial charge in [0.1, 0.15) is 35.1 Å². The van der Waals surface area contributed by atoms with Gasteiger partial charge in [0, 0.05) is 38.4 Å². The number of benzene rings is 2. The number of Topliss-reactive ketones (excluding diaryl/α,β-unsaturated/α-hetero) is 2. The Hall–Kier alpha value is -3.80. The van der Waals surface area contributed by atoms with Crippen molar-refractivity contribution in [2.45, 2.75) is 115 Å². The smallest absolute Gasteiger partial charge is 0.202 e. The molecule has 0 aromatic heterocycles. The Labute approximate surface area is 275 Å². The molecule has 5 rings (SSSR count). The van der Waals surface area contributed by atoms with Gasteiger partial charge in [0.25, 0.3) is 0 Å². The summed E-state index contributed by atoms with van der Waals surface area (Å²) in [5.41, 5.74) is 2.99. The number of nitrogens with one attached hydrogen (secondary N) is 1. The first-order chi connectivity index (χ1) is 22.9. The van der Waals surface area contributed by atoms with E-state index in [2.05, 4.69) is 21.0 Å². The molecule has 2 heterocycles. The summed E-state index contributed by atoms with van der Waals surface area (Å²) < 4.78 is 29.8. The maximum Gasteiger partial charge on any atom is 0.202 e. The predicted octanol–water partition coefficient (Wildman–Crippen LogP) is 4.64. The zero-order valence-corrected chi connectivity index (χ0v) is 27.3. The largest absolute Gasteiger partial charge is 0.507 e. The van der Waals surface area contributed by atoms with Crippen molar-refractivity contribution < 1.29 is 43.6 Å². The van der Waals surface area contributed by atoms with Gasteiger partial charge in [-0.15, -0.1) is 4.91 Å². The fourth-order valence-electron chi connectivity index (χ4n) is 7.16. The van der Waals surface area contributed by atoms with Crippen LogP contribution in [-0.2, 0) is 30.2 Å². The quantitative estimate of drug-likeness (QED) is 0.207. The maximum absolute atomic E-state index is 13.3. The fourth-order valence-corrected chi connectivity index (χ4v) is 7.16. The van der Waals surface area contributed by atoms with Crippen LogP contribution in [0.25, 0.3) is 10.8 Å². The molecule has 2 aliphatic heterocycles. The molecule has 0 spiro atoms. The third-order valence-corrected chi connectivity index (χ3v) is 9.64. The Bertz CT molecular complexity index is 1590. The van der Waals surface area contributed by atoms with Gasteiger partial charge < -0.3 is 34.0 Å². The van der Waals surface area contributed by atoms with Gasteiger partial charge in [0.2, 0.25) is 6.29 Å². The normalized spacial score (nSPS) is 31.1. The molecular weight excluding hydrogens is 632 g/mol. The van der Waals surface area contributed by atoms with Gasteiger partial charge >= 0.3 is 0 Å². The molecule has 3 aliphatic rings. The molecule has 2 aromatic rings. The number of hydroxylamine groups is 1. The van der Waals surface area contributed by atoms with Gasteiger partial charge in [-0.1, -0.05) is 10.4 Å². The topological polar surface area (TPSA) is 221 Å². The second-order valence-corrected chi connectivity index (χ2v) is 12.8. The lowest BCUT2D eigenvalue weighted by Crippen LogP contribution is -2.57. The standard InChI is InChI=1S/C32H40N4O12/c1-13(37)6-23(44-5)17-7-18-8-19-10-22(14(2)32(39)28(19)31(36-43)27(18)21(38)9-17)47-26-12-24(30(35-42)16(4)46-26)48-25-11-20(33-40)29(34-41)15(3)45-25/h8,10,15-17,20,23-26,29-30,35,39,42H,6-7,9,11-12H2,1-5H3/t15?,16?,17?,20-,23-,24-,25+,26+,29-,30-/m1/s1. The second-order valence-electron chi connectivity index (χ2n) is 12.8. The summed E-state index contributed by atoms with van der Waals surface area (Å²) in [5, 5.41) is 30.9. The number of nitrogens with zero attached hydrogens (tertiary/aromatic N) is 3. The number of methoxy groups -OCH3 is 1. The molecule has 3 unspecified atom stereocenters. The van der Waals surface area contributed by atoms with Crippen LogP contribution >= 0.6 is 0 Å². The molecule has 2 saturated heterocycles. The van der Waals surface area contributed by atoms with Crippen molar-refractivity contribution in [3.8, 4) is 11.5 Å². The number of carbonyl (C=O) groups is 2. The van der Waals surface area contributed by atoms with Gasteiger partial charge in [0.15, 0.2) is 12.1 Å². The van der Waals surface area contributed by atoms with E-state index >= 15 is 0 Å². The minimum atomic E-state index is -0.950. The molecule has 48 heavy (non-hydrogen) atoms. The molecule has 16 nitrogen and oxygen atoms in total. The van der Waals surface area contributed by atoms with Crippen LogP contribution in [0.5, 0.6) is 11.5 Å². The van der Waals surface area contributed by atoms with Crippen LogP contribution in [-0.4, -0.2) is 84.1 Å². The third-order valence-electron chi connectivity index (χ3n) is 9.64. The van der Waals surface area contributed by atoms with Gasteiger partial charge in [0.05, 0.1) is 41.4 Å². The number of nitroso groups, excluding NO2 is 3. The minimum Gasteiger partial charge on any atom is -0.507 e. The second kappa shape index (κ2) is 14.8. The number of phenols is 1. The minimum absolute atomic E-state index is 0.0159. The van der Waals surface area contributed by atoms with Gasteiger partial charge in [-0.3, -0.25) is 9.59 Å². The van der Waals surface area contributed by atoms with Crippen molar-refractivity contribution in [3.05, 3.63) is 43.5 Å². The number of aromatic hydroxyl groups is 1. The zero-order chi connectivity index (χ0) is 34.9. The summed E-state index contributed by atoms with van der Waals surface area (Å²) in [5.74, 6) is -0.769.